The second-order valence-corrected chi connectivity index (χ2v) is 7.12. The van der Waals surface area contributed by atoms with Crippen molar-refractivity contribution in [3.8, 4) is 0 Å². The van der Waals surface area contributed by atoms with Gasteiger partial charge in [-0.05, 0) is 51.4 Å². The van der Waals surface area contributed by atoms with Gasteiger partial charge in [-0.25, -0.2) is 0 Å². The second kappa shape index (κ2) is 8.93. The van der Waals surface area contributed by atoms with Crippen molar-refractivity contribution >= 4 is 29.1 Å². The van der Waals surface area contributed by atoms with Gasteiger partial charge < -0.3 is 10.2 Å². The maximum absolute atomic E-state index is 12.9. The molecular weight excluding hydrogens is 383 g/mol. The molecule has 0 radical (unpaired) electrons. The van der Waals surface area contributed by atoms with Crippen LogP contribution < -0.4 is 5.32 Å². The van der Waals surface area contributed by atoms with E-state index in [2.05, 4.69) is 5.32 Å². The summed E-state index contributed by atoms with van der Waals surface area (Å²) < 4.78 is 38.7. The number of likely N-dealkylation sites (N-methyl/N-ethyl adjacent to an activating group) is 1. The summed E-state index contributed by atoms with van der Waals surface area (Å²) in [6.45, 7) is 3.03. The third-order valence-electron chi connectivity index (χ3n) is 4.63. The predicted octanol–water partition coefficient (Wildman–Crippen LogP) is 3.63. The van der Waals surface area contributed by atoms with Crippen LogP contribution in [0.5, 0.6) is 0 Å². The van der Waals surface area contributed by atoms with Gasteiger partial charge in [-0.3, -0.25) is 14.5 Å². The number of rotatable bonds is 5. The number of amides is 2. The number of likely N-dealkylation sites (tertiary alicyclic amines) is 1. The zero-order valence-corrected chi connectivity index (χ0v) is 16.0. The largest absolute Gasteiger partial charge is 0.417 e. The Kier molecular flexibility index (Phi) is 7.11. The molecule has 150 valence electrons. The van der Waals surface area contributed by atoms with Crippen molar-refractivity contribution in [2.75, 3.05) is 32.0 Å². The maximum Gasteiger partial charge on any atom is 0.417 e. The van der Waals surface area contributed by atoms with Gasteiger partial charge in [0.15, 0.2) is 0 Å². The molecule has 0 aromatic heterocycles. The highest BCUT2D eigenvalue weighted by atomic mass is 35.5. The number of piperidine rings is 1. The van der Waals surface area contributed by atoms with Crippen molar-refractivity contribution in [3.05, 3.63) is 28.8 Å². The highest BCUT2D eigenvalue weighted by molar-refractivity contribution is 6.31. The lowest BCUT2D eigenvalue weighted by molar-refractivity contribution is -0.138. The van der Waals surface area contributed by atoms with Crippen LogP contribution in [0.4, 0.5) is 18.9 Å². The van der Waals surface area contributed by atoms with Gasteiger partial charge in [-0.1, -0.05) is 11.6 Å². The topological polar surface area (TPSA) is 52.7 Å². The SMILES string of the molecule is CC(C(=O)N1CCCCC1)N(C)CC(=O)Nc1ccc(Cl)c(C(F)(F)F)c1. The van der Waals surface area contributed by atoms with Crippen molar-refractivity contribution in [2.24, 2.45) is 0 Å². The van der Waals surface area contributed by atoms with Gasteiger partial charge in [0.05, 0.1) is 23.2 Å². The monoisotopic (exact) mass is 405 g/mol. The molecule has 1 fully saturated rings. The van der Waals surface area contributed by atoms with E-state index in [1.807, 2.05) is 0 Å². The van der Waals surface area contributed by atoms with Gasteiger partial charge >= 0.3 is 6.18 Å². The van der Waals surface area contributed by atoms with E-state index < -0.39 is 28.7 Å². The number of benzene rings is 1. The van der Waals surface area contributed by atoms with Crippen molar-refractivity contribution < 1.29 is 22.8 Å². The Morgan fingerprint density at radius 2 is 1.89 bits per heavy atom. The summed E-state index contributed by atoms with van der Waals surface area (Å²) in [7, 11) is 1.63. The lowest BCUT2D eigenvalue weighted by Gasteiger charge is -2.32. The zero-order valence-electron chi connectivity index (χ0n) is 15.3. The molecule has 1 atom stereocenters. The molecule has 5 nitrogen and oxygen atoms in total. The molecule has 1 heterocycles. The average molecular weight is 406 g/mol. The summed E-state index contributed by atoms with van der Waals surface area (Å²) in [6.07, 6.45) is -1.55. The number of halogens is 4. The average Bonchev–Trinajstić information content (AvgIpc) is 2.61. The van der Waals surface area contributed by atoms with E-state index in [4.69, 9.17) is 11.6 Å². The Hall–Kier alpha value is -1.80. The van der Waals surface area contributed by atoms with E-state index in [9.17, 15) is 22.8 Å². The molecule has 1 N–H and O–H groups in total. The number of nitrogens with one attached hydrogen (secondary N) is 1. The Bertz CT molecular complexity index is 691. The number of anilines is 1. The first-order valence-corrected chi connectivity index (χ1v) is 9.13. The predicted molar refractivity (Wildman–Crippen MR) is 97.6 cm³/mol. The molecule has 0 saturated carbocycles. The highest BCUT2D eigenvalue weighted by Crippen LogP contribution is 2.36. The van der Waals surface area contributed by atoms with E-state index in [1.54, 1.807) is 23.8 Å². The molecule has 0 bridgehead atoms. The fourth-order valence-corrected chi connectivity index (χ4v) is 3.18. The molecule has 1 aliphatic heterocycles. The number of alkyl halides is 3. The molecule has 1 saturated heterocycles. The van der Waals surface area contributed by atoms with Crippen molar-refractivity contribution in [1.29, 1.82) is 0 Å². The highest BCUT2D eigenvalue weighted by Gasteiger charge is 2.33. The molecule has 1 aromatic rings. The van der Waals surface area contributed by atoms with Crippen molar-refractivity contribution in [1.82, 2.24) is 9.80 Å². The van der Waals surface area contributed by atoms with E-state index >= 15 is 0 Å². The summed E-state index contributed by atoms with van der Waals surface area (Å²) in [5.41, 5.74) is -1.01. The number of carbonyl (C=O) groups excluding carboxylic acids is 2. The van der Waals surface area contributed by atoms with E-state index in [1.165, 1.54) is 6.07 Å². The number of hydrogen-bond acceptors (Lipinski definition) is 3. The molecule has 1 aromatic carbocycles. The van der Waals surface area contributed by atoms with Crippen LogP contribution in [-0.4, -0.2) is 54.3 Å². The lowest BCUT2D eigenvalue weighted by atomic mass is 10.1. The first-order valence-electron chi connectivity index (χ1n) is 8.75. The Morgan fingerprint density at radius 3 is 2.48 bits per heavy atom. The maximum atomic E-state index is 12.9. The summed E-state index contributed by atoms with van der Waals surface area (Å²) in [5.74, 6) is -0.554. The quantitative estimate of drug-likeness (QED) is 0.813. The molecular formula is C18H23ClF3N3O2. The van der Waals surface area contributed by atoms with E-state index in [0.29, 0.717) is 13.1 Å². The zero-order chi connectivity index (χ0) is 20.2. The number of hydrogen-bond donors (Lipinski definition) is 1. The fraction of sp³-hybridized carbons (Fsp3) is 0.556. The van der Waals surface area contributed by atoms with Crippen molar-refractivity contribution in [3.63, 3.8) is 0 Å². The van der Waals surface area contributed by atoms with Crippen LogP contribution in [-0.2, 0) is 15.8 Å². The van der Waals surface area contributed by atoms with Gasteiger partial charge in [0.25, 0.3) is 0 Å². The normalized spacial score (nSPS) is 16.3. The third-order valence-corrected chi connectivity index (χ3v) is 4.96. The standard InChI is InChI=1S/C18H23ClF3N3O2/c1-12(17(27)25-8-4-3-5-9-25)24(2)11-16(26)23-13-6-7-15(19)14(10-13)18(20,21)22/h6-7,10,12H,3-5,8-9,11H2,1-2H3,(H,23,26). The second-order valence-electron chi connectivity index (χ2n) is 6.72. The van der Waals surface area contributed by atoms with E-state index in [-0.39, 0.29) is 18.1 Å². The minimum absolute atomic E-state index is 0.000125. The number of nitrogens with zero attached hydrogens (tertiary/aromatic N) is 2. The van der Waals surface area contributed by atoms with Crippen LogP contribution in [0.25, 0.3) is 0 Å². The minimum Gasteiger partial charge on any atom is -0.341 e. The molecule has 2 amide bonds. The Labute approximate surface area is 161 Å². The van der Waals surface area contributed by atoms with Gasteiger partial charge in [-0.2, -0.15) is 13.2 Å². The molecule has 9 heteroatoms. The van der Waals surface area contributed by atoms with Crippen LogP contribution in [0.1, 0.15) is 31.7 Å². The molecule has 0 aliphatic carbocycles. The Balaban J connectivity index is 1.95. The van der Waals surface area contributed by atoms with E-state index in [0.717, 1.165) is 31.4 Å². The van der Waals surface area contributed by atoms with Crippen LogP contribution >= 0.6 is 11.6 Å². The van der Waals surface area contributed by atoms with Gasteiger partial charge in [0, 0.05) is 18.8 Å². The van der Waals surface area contributed by atoms with Crippen LogP contribution in [0, 0.1) is 0 Å². The smallest absolute Gasteiger partial charge is 0.341 e. The van der Waals surface area contributed by atoms with Gasteiger partial charge in [-0.15, -0.1) is 0 Å². The summed E-state index contributed by atoms with van der Waals surface area (Å²) in [5, 5.41) is 1.99. The summed E-state index contributed by atoms with van der Waals surface area (Å²) in [4.78, 5) is 28.0. The molecule has 0 spiro atoms. The summed E-state index contributed by atoms with van der Waals surface area (Å²) >= 11 is 5.57. The minimum atomic E-state index is -4.61. The van der Waals surface area contributed by atoms with Crippen LogP contribution in [0.2, 0.25) is 5.02 Å². The molecule has 27 heavy (non-hydrogen) atoms. The Morgan fingerprint density at radius 1 is 1.26 bits per heavy atom. The molecule has 1 aliphatic rings. The van der Waals surface area contributed by atoms with Gasteiger partial charge in [0.2, 0.25) is 11.8 Å². The molecule has 1 unspecified atom stereocenters. The first-order chi connectivity index (χ1) is 12.6. The van der Waals surface area contributed by atoms with Crippen molar-refractivity contribution in [2.45, 2.75) is 38.4 Å². The van der Waals surface area contributed by atoms with Crippen LogP contribution in [0.15, 0.2) is 18.2 Å². The summed E-state index contributed by atoms with van der Waals surface area (Å²) in [6, 6.07) is 2.69. The first kappa shape index (κ1) is 21.5. The van der Waals surface area contributed by atoms with Crippen LogP contribution in [0.3, 0.4) is 0 Å². The fourth-order valence-electron chi connectivity index (χ4n) is 2.95. The lowest BCUT2D eigenvalue weighted by Crippen LogP contribution is -2.49. The molecule has 2 rings (SSSR count). The number of carbonyl (C=O) groups is 2. The third kappa shape index (κ3) is 5.84. The van der Waals surface area contributed by atoms with Gasteiger partial charge in [0.1, 0.15) is 0 Å².